The molecule has 0 radical (unpaired) electrons. The van der Waals surface area contributed by atoms with E-state index >= 15 is 0 Å². The molecule has 1 amide bonds. The van der Waals surface area contributed by atoms with E-state index < -0.39 is 0 Å². The number of aromatic nitrogens is 2. The number of piperidine rings is 1. The number of nitrogens with zero attached hydrogens (tertiary/aromatic N) is 4. The summed E-state index contributed by atoms with van der Waals surface area (Å²) in [5.41, 5.74) is 1.92. The van der Waals surface area contributed by atoms with Gasteiger partial charge in [-0.1, -0.05) is 17.7 Å². The number of hydrogen-bond donors (Lipinski definition) is 2. The molecule has 1 aromatic heterocycles. The molecule has 0 unspecified atom stereocenters. The average Bonchev–Trinajstić information content (AvgIpc) is 3.35. The minimum absolute atomic E-state index is 0.00864. The number of likely N-dealkylation sites (tertiary alicyclic amines) is 1. The molecular formula is C25H27ClN6O3. The van der Waals surface area contributed by atoms with Gasteiger partial charge in [-0.2, -0.15) is 4.98 Å². The van der Waals surface area contributed by atoms with E-state index in [1.54, 1.807) is 24.4 Å². The molecular weight excluding hydrogens is 468 g/mol. The third-order valence-electron chi connectivity index (χ3n) is 6.32. The van der Waals surface area contributed by atoms with Gasteiger partial charge in [0, 0.05) is 30.5 Å². The molecule has 0 aliphatic carbocycles. The van der Waals surface area contributed by atoms with Crippen molar-refractivity contribution in [1.82, 2.24) is 19.8 Å². The molecule has 0 bridgehead atoms. The summed E-state index contributed by atoms with van der Waals surface area (Å²) in [5.74, 6) is 2.09. The Kier molecular flexibility index (Phi) is 6.61. The number of amides is 1. The van der Waals surface area contributed by atoms with Crippen LogP contribution in [0.25, 0.3) is 0 Å². The molecule has 3 heterocycles. The number of anilines is 4. The second kappa shape index (κ2) is 9.97. The Morgan fingerprint density at radius 2 is 1.97 bits per heavy atom. The Morgan fingerprint density at radius 3 is 2.80 bits per heavy atom. The fraction of sp³-hybridized carbons (Fsp3) is 0.320. The highest BCUT2D eigenvalue weighted by Gasteiger charge is 2.25. The SMILES string of the molecule is CN1CCC(N(C)C(=O)c2cccc(Nc3nccc(Nc4c(Cl)ccc5c4OCO5)n3)c2)CC1. The number of carbonyl (C=O) groups excluding carboxylic acids is 1. The number of ether oxygens (including phenoxy) is 2. The second-order valence-electron chi connectivity index (χ2n) is 8.70. The Balaban J connectivity index is 1.29. The molecule has 0 saturated carbocycles. The fourth-order valence-corrected chi connectivity index (χ4v) is 4.49. The van der Waals surface area contributed by atoms with Crippen LogP contribution < -0.4 is 20.1 Å². The first-order valence-corrected chi connectivity index (χ1v) is 11.9. The van der Waals surface area contributed by atoms with Gasteiger partial charge in [-0.15, -0.1) is 0 Å². The minimum Gasteiger partial charge on any atom is -0.454 e. The van der Waals surface area contributed by atoms with Crippen molar-refractivity contribution in [3.63, 3.8) is 0 Å². The van der Waals surface area contributed by atoms with Crippen LogP contribution in [0.15, 0.2) is 48.7 Å². The molecule has 1 saturated heterocycles. The van der Waals surface area contributed by atoms with E-state index in [0.717, 1.165) is 31.6 Å². The van der Waals surface area contributed by atoms with Crippen molar-refractivity contribution < 1.29 is 14.3 Å². The standard InChI is InChI=1S/C25H27ClN6O3/c1-31-12-9-18(10-13-31)32(2)24(33)16-4-3-5-17(14-16)28-25-27-11-8-21(30-25)29-22-19(26)6-7-20-23(22)35-15-34-20/h3-8,11,14,18H,9-10,12-13,15H2,1-2H3,(H2,27,28,29,30). The summed E-state index contributed by atoms with van der Waals surface area (Å²) < 4.78 is 11.0. The Morgan fingerprint density at radius 1 is 1.14 bits per heavy atom. The number of nitrogens with one attached hydrogen (secondary N) is 2. The minimum atomic E-state index is 0.00864. The van der Waals surface area contributed by atoms with Crippen molar-refractivity contribution in [1.29, 1.82) is 0 Å². The van der Waals surface area contributed by atoms with E-state index in [1.807, 2.05) is 36.2 Å². The van der Waals surface area contributed by atoms with Crippen LogP contribution in [0, 0.1) is 0 Å². The predicted octanol–water partition coefficient (Wildman–Crippen LogP) is 4.51. The smallest absolute Gasteiger partial charge is 0.253 e. The Bertz CT molecular complexity index is 1230. The zero-order valence-corrected chi connectivity index (χ0v) is 20.4. The van der Waals surface area contributed by atoms with Gasteiger partial charge in [0.05, 0.1) is 5.02 Å². The molecule has 5 rings (SSSR count). The van der Waals surface area contributed by atoms with Gasteiger partial charge in [0.15, 0.2) is 11.5 Å². The van der Waals surface area contributed by atoms with E-state index in [0.29, 0.717) is 39.5 Å². The molecule has 9 nitrogen and oxygen atoms in total. The lowest BCUT2D eigenvalue weighted by molar-refractivity contribution is 0.0659. The molecule has 2 aliphatic heterocycles. The first kappa shape index (κ1) is 23.2. The highest BCUT2D eigenvalue weighted by molar-refractivity contribution is 6.33. The molecule has 0 atom stereocenters. The van der Waals surface area contributed by atoms with Gasteiger partial charge in [-0.25, -0.2) is 4.98 Å². The lowest BCUT2D eigenvalue weighted by atomic mass is 10.0. The monoisotopic (exact) mass is 494 g/mol. The Labute approximate surface area is 209 Å². The first-order chi connectivity index (χ1) is 17.0. The van der Waals surface area contributed by atoms with Crippen LogP contribution >= 0.6 is 11.6 Å². The fourth-order valence-electron chi connectivity index (χ4n) is 4.29. The molecule has 2 aromatic carbocycles. The Hall–Kier alpha value is -3.56. The number of rotatable bonds is 6. The number of benzene rings is 2. The number of fused-ring (bicyclic) bond motifs is 1. The third kappa shape index (κ3) is 5.11. The van der Waals surface area contributed by atoms with Crippen LogP contribution in [-0.2, 0) is 0 Å². The van der Waals surface area contributed by atoms with Crippen LogP contribution in [0.2, 0.25) is 5.02 Å². The zero-order valence-electron chi connectivity index (χ0n) is 19.6. The lowest BCUT2D eigenvalue weighted by Gasteiger charge is -2.35. The van der Waals surface area contributed by atoms with Crippen molar-refractivity contribution >= 4 is 40.6 Å². The molecule has 2 aliphatic rings. The lowest BCUT2D eigenvalue weighted by Crippen LogP contribution is -2.44. The number of hydrogen-bond acceptors (Lipinski definition) is 8. The summed E-state index contributed by atoms with van der Waals surface area (Å²) in [6, 6.07) is 12.9. The topological polar surface area (TPSA) is 91.9 Å². The van der Waals surface area contributed by atoms with Gasteiger partial charge < -0.3 is 29.9 Å². The molecule has 10 heteroatoms. The molecule has 0 spiro atoms. The van der Waals surface area contributed by atoms with Gasteiger partial charge in [0.1, 0.15) is 11.5 Å². The van der Waals surface area contributed by atoms with Crippen molar-refractivity contribution in [3.05, 3.63) is 59.2 Å². The van der Waals surface area contributed by atoms with Crippen molar-refractivity contribution in [2.45, 2.75) is 18.9 Å². The van der Waals surface area contributed by atoms with E-state index in [1.165, 1.54) is 0 Å². The summed E-state index contributed by atoms with van der Waals surface area (Å²) in [4.78, 5) is 26.1. The third-order valence-corrected chi connectivity index (χ3v) is 6.63. The molecule has 182 valence electrons. The largest absolute Gasteiger partial charge is 0.454 e. The first-order valence-electron chi connectivity index (χ1n) is 11.5. The predicted molar refractivity (Wildman–Crippen MR) is 135 cm³/mol. The average molecular weight is 495 g/mol. The summed E-state index contributed by atoms with van der Waals surface area (Å²) in [6.45, 7) is 2.15. The van der Waals surface area contributed by atoms with E-state index in [4.69, 9.17) is 21.1 Å². The van der Waals surface area contributed by atoms with Crippen LogP contribution in [-0.4, -0.2) is 65.7 Å². The van der Waals surface area contributed by atoms with E-state index in [2.05, 4.69) is 32.5 Å². The van der Waals surface area contributed by atoms with E-state index in [9.17, 15) is 4.79 Å². The molecule has 1 fully saturated rings. The molecule has 35 heavy (non-hydrogen) atoms. The summed E-state index contributed by atoms with van der Waals surface area (Å²) in [5, 5.41) is 6.87. The quantitative estimate of drug-likeness (QED) is 0.517. The summed E-state index contributed by atoms with van der Waals surface area (Å²) >= 11 is 6.37. The van der Waals surface area contributed by atoms with Crippen LogP contribution in [0.4, 0.5) is 23.1 Å². The van der Waals surface area contributed by atoms with Gasteiger partial charge in [0.2, 0.25) is 12.7 Å². The van der Waals surface area contributed by atoms with Gasteiger partial charge in [-0.05, 0) is 69.4 Å². The normalized spacial score (nSPS) is 15.6. The molecule has 3 aromatic rings. The van der Waals surface area contributed by atoms with Crippen molar-refractivity contribution in [2.24, 2.45) is 0 Å². The maximum Gasteiger partial charge on any atom is 0.253 e. The van der Waals surface area contributed by atoms with Crippen LogP contribution in [0.3, 0.4) is 0 Å². The maximum absolute atomic E-state index is 13.1. The van der Waals surface area contributed by atoms with Gasteiger partial charge in [-0.3, -0.25) is 4.79 Å². The second-order valence-corrected chi connectivity index (χ2v) is 9.11. The summed E-state index contributed by atoms with van der Waals surface area (Å²) in [6.07, 6.45) is 3.60. The number of halogens is 1. The van der Waals surface area contributed by atoms with Crippen molar-refractivity contribution in [3.8, 4) is 11.5 Å². The summed E-state index contributed by atoms with van der Waals surface area (Å²) in [7, 11) is 4.00. The van der Waals surface area contributed by atoms with Gasteiger partial charge >= 0.3 is 0 Å². The van der Waals surface area contributed by atoms with Gasteiger partial charge in [0.25, 0.3) is 5.91 Å². The highest BCUT2D eigenvalue weighted by Crippen LogP contribution is 2.44. The van der Waals surface area contributed by atoms with Crippen LogP contribution in [0.1, 0.15) is 23.2 Å². The van der Waals surface area contributed by atoms with Crippen molar-refractivity contribution in [2.75, 3.05) is 44.6 Å². The van der Waals surface area contributed by atoms with E-state index in [-0.39, 0.29) is 18.7 Å². The zero-order chi connectivity index (χ0) is 24.4. The van der Waals surface area contributed by atoms with Crippen LogP contribution in [0.5, 0.6) is 11.5 Å². The molecule has 2 N–H and O–H groups in total. The number of carbonyl (C=O) groups is 1. The highest BCUT2D eigenvalue weighted by atomic mass is 35.5. The maximum atomic E-state index is 13.1.